The Morgan fingerprint density at radius 2 is 1.38 bits per heavy atom. The van der Waals surface area contributed by atoms with Crippen LogP contribution in [0.2, 0.25) is 0 Å². The van der Waals surface area contributed by atoms with Crippen LogP contribution < -0.4 is 37.3 Å². The van der Waals surface area contributed by atoms with Crippen LogP contribution in [0.15, 0.2) is 66.7 Å². The highest BCUT2D eigenvalue weighted by molar-refractivity contribution is 5.96. The fourth-order valence-electron chi connectivity index (χ4n) is 4.29. The van der Waals surface area contributed by atoms with Crippen LogP contribution in [0.5, 0.6) is 23.0 Å². The number of hydrogen-bond acceptors (Lipinski definition) is 7. The summed E-state index contributed by atoms with van der Waals surface area (Å²) in [5, 5.41) is 13.4. The van der Waals surface area contributed by atoms with Crippen molar-refractivity contribution >= 4 is 23.3 Å². The smallest absolute Gasteiger partial charge is 0.251 e. The lowest BCUT2D eigenvalue weighted by Crippen LogP contribution is -2.40. The summed E-state index contributed by atoms with van der Waals surface area (Å²) in [6, 6.07) is 18.9. The lowest BCUT2D eigenvalue weighted by molar-refractivity contribution is -0.116. The van der Waals surface area contributed by atoms with Crippen LogP contribution in [-0.2, 0) is 4.79 Å². The fourth-order valence-corrected chi connectivity index (χ4v) is 4.29. The Morgan fingerprint density at radius 3 is 1.92 bits per heavy atom. The normalized spacial score (nSPS) is 16.7. The van der Waals surface area contributed by atoms with E-state index in [9.17, 15) is 9.59 Å². The van der Waals surface area contributed by atoms with Crippen molar-refractivity contribution in [3.63, 3.8) is 0 Å². The van der Waals surface area contributed by atoms with Crippen LogP contribution in [0.1, 0.15) is 48.0 Å². The first-order valence-electron chi connectivity index (χ1n) is 12.9. The second-order valence-corrected chi connectivity index (χ2v) is 9.53. The third kappa shape index (κ3) is 8.03. The van der Waals surface area contributed by atoms with Gasteiger partial charge in [0.05, 0.1) is 0 Å². The molecule has 0 atom stereocenters. The Balaban J connectivity index is 1.54. The molecule has 204 valence electrons. The van der Waals surface area contributed by atoms with Crippen molar-refractivity contribution in [1.82, 2.24) is 5.32 Å². The molecule has 0 aromatic heterocycles. The first-order valence-corrected chi connectivity index (χ1v) is 12.9. The summed E-state index contributed by atoms with van der Waals surface area (Å²) < 4.78 is 12.1. The molecular formula is C29H34N6O4. The molecule has 0 heterocycles. The van der Waals surface area contributed by atoms with Crippen LogP contribution in [-0.4, -0.2) is 36.3 Å². The number of nitrogen functional groups attached to an aromatic ring is 1. The zero-order valence-corrected chi connectivity index (χ0v) is 21.6. The molecule has 1 saturated carbocycles. The number of benzene rings is 3. The van der Waals surface area contributed by atoms with E-state index in [2.05, 4.69) is 10.6 Å². The minimum absolute atomic E-state index is 0.0375. The van der Waals surface area contributed by atoms with Gasteiger partial charge in [0.2, 0.25) is 5.91 Å². The lowest BCUT2D eigenvalue weighted by atomic mass is 9.91. The number of ether oxygens (including phenoxy) is 2. The van der Waals surface area contributed by atoms with Gasteiger partial charge in [-0.05, 0) is 86.3 Å². The summed E-state index contributed by atoms with van der Waals surface area (Å²) in [5.41, 5.74) is 18.6. The molecular weight excluding hydrogens is 496 g/mol. The van der Waals surface area contributed by atoms with E-state index in [1.165, 1.54) is 0 Å². The molecule has 3 aromatic rings. The van der Waals surface area contributed by atoms with Gasteiger partial charge in [0.1, 0.15) is 28.8 Å². The Labute approximate surface area is 227 Å². The van der Waals surface area contributed by atoms with Gasteiger partial charge in [-0.2, -0.15) is 0 Å². The zero-order chi connectivity index (χ0) is 27.8. The molecule has 3 aromatic carbocycles. The van der Waals surface area contributed by atoms with Crippen molar-refractivity contribution in [3.05, 3.63) is 77.9 Å². The minimum Gasteiger partial charge on any atom is -0.457 e. The average Bonchev–Trinajstić information content (AvgIpc) is 2.91. The maximum atomic E-state index is 13.2. The van der Waals surface area contributed by atoms with Gasteiger partial charge >= 0.3 is 0 Å². The molecule has 1 aliphatic carbocycles. The first-order chi connectivity index (χ1) is 18.8. The summed E-state index contributed by atoms with van der Waals surface area (Å²) in [6.45, 7) is 0.274. The van der Waals surface area contributed by atoms with Gasteiger partial charge in [-0.1, -0.05) is 0 Å². The Bertz CT molecular complexity index is 1300. The molecule has 1 aliphatic rings. The van der Waals surface area contributed by atoms with Crippen molar-refractivity contribution in [2.24, 2.45) is 17.2 Å². The van der Waals surface area contributed by atoms with Crippen LogP contribution in [0.25, 0.3) is 0 Å². The van der Waals surface area contributed by atoms with Crippen molar-refractivity contribution in [2.75, 3.05) is 11.9 Å². The number of amides is 2. The molecule has 0 bridgehead atoms. The van der Waals surface area contributed by atoms with E-state index in [-0.39, 0.29) is 42.7 Å². The Hall–Kier alpha value is -4.41. The number of rotatable bonds is 10. The Kier molecular flexibility index (Phi) is 9.14. The molecule has 2 amide bonds. The molecule has 0 unspecified atom stereocenters. The molecule has 0 spiro atoms. The maximum Gasteiger partial charge on any atom is 0.251 e. The van der Waals surface area contributed by atoms with E-state index in [0.717, 1.165) is 25.7 Å². The third-order valence-electron chi connectivity index (χ3n) is 6.40. The van der Waals surface area contributed by atoms with Gasteiger partial charge in [0.25, 0.3) is 5.91 Å². The second-order valence-electron chi connectivity index (χ2n) is 9.53. The van der Waals surface area contributed by atoms with Crippen LogP contribution in [0, 0.1) is 5.41 Å². The highest BCUT2D eigenvalue weighted by Crippen LogP contribution is 2.31. The maximum absolute atomic E-state index is 13.2. The summed E-state index contributed by atoms with van der Waals surface area (Å²) in [5.74, 6) is 1.42. The summed E-state index contributed by atoms with van der Waals surface area (Å²) in [7, 11) is 0. The lowest BCUT2D eigenvalue weighted by Gasteiger charge is -2.26. The number of hydrogen-bond donors (Lipinski definition) is 6. The molecule has 0 saturated heterocycles. The standard InChI is InChI=1S/C29H34N6O4/c30-14-13-27(36)34-21-7-11-24(12-8-21)39-26-16-19(29(37)35-22-5-3-20(31)4-6-22)15-25(17-26)38-23-9-1-18(2-10-23)28(32)33/h1-2,7-12,15-17,20,22H,3-6,13-14,30-31H2,(H3,32,33)(H,34,36)(H,35,37). The topological polar surface area (TPSA) is 179 Å². The number of amidine groups is 1. The van der Waals surface area contributed by atoms with Crippen molar-refractivity contribution < 1.29 is 19.1 Å². The molecule has 39 heavy (non-hydrogen) atoms. The number of anilines is 1. The minimum atomic E-state index is -0.226. The number of nitrogens with one attached hydrogen (secondary N) is 3. The number of carbonyl (C=O) groups excluding carboxylic acids is 2. The zero-order valence-electron chi connectivity index (χ0n) is 21.6. The fraction of sp³-hybridized carbons (Fsp3) is 0.276. The van der Waals surface area contributed by atoms with Gasteiger partial charge < -0.3 is 37.3 Å². The Morgan fingerprint density at radius 1 is 0.821 bits per heavy atom. The van der Waals surface area contributed by atoms with E-state index in [4.69, 9.17) is 32.1 Å². The second kappa shape index (κ2) is 12.9. The first kappa shape index (κ1) is 27.6. The molecule has 0 radical (unpaired) electrons. The number of nitrogens with two attached hydrogens (primary N) is 3. The van der Waals surface area contributed by atoms with Gasteiger partial charge in [0, 0.05) is 47.9 Å². The predicted octanol–water partition coefficient (Wildman–Crippen LogP) is 3.84. The molecule has 9 N–H and O–H groups in total. The molecule has 0 aliphatic heterocycles. The van der Waals surface area contributed by atoms with E-state index < -0.39 is 0 Å². The average molecular weight is 531 g/mol. The van der Waals surface area contributed by atoms with Gasteiger partial charge in [-0.25, -0.2) is 0 Å². The summed E-state index contributed by atoms with van der Waals surface area (Å²) in [6.07, 6.45) is 3.66. The van der Waals surface area contributed by atoms with E-state index in [0.29, 0.717) is 39.8 Å². The SMILES string of the molecule is N=C(N)c1ccc(Oc2cc(Oc3ccc(NC(=O)CCN)cc3)cc(C(=O)NC3CCC(N)CC3)c2)cc1. The monoisotopic (exact) mass is 530 g/mol. The summed E-state index contributed by atoms with van der Waals surface area (Å²) >= 11 is 0. The predicted molar refractivity (Wildman–Crippen MR) is 150 cm³/mol. The molecule has 1 fully saturated rings. The largest absolute Gasteiger partial charge is 0.457 e. The third-order valence-corrected chi connectivity index (χ3v) is 6.40. The van der Waals surface area contributed by atoms with Crippen LogP contribution in [0.3, 0.4) is 0 Å². The molecule has 10 heteroatoms. The van der Waals surface area contributed by atoms with E-state index >= 15 is 0 Å². The van der Waals surface area contributed by atoms with Crippen molar-refractivity contribution in [2.45, 2.75) is 44.2 Å². The highest BCUT2D eigenvalue weighted by Gasteiger charge is 2.21. The van der Waals surface area contributed by atoms with Crippen molar-refractivity contribution in [1.29, 1.82) is 5.41 Å². The van der Waals surface area contributed by atoms with Crippen molar-refractivity contribution in [3.8, 4) is 23.0 Å². The van der Waals surface area contributed by atoms with E-state index in [1.807, 2.05) is 0 Å². The van der Waals surface area contributed by atoms with Gasteiger partial charge in [-0.3, -0.25) is 15.0 Å². The van der Waals surface area contributed by atoms with Gasteiger partial charge in [0.15, 0.2) is 0 Å². The molecule has 10 nitrogen and oxygen atoms in total. The molecule has 4 rings (SSSR count). The summed E-state index contributed by atoms with van der Waals surface area (Å²) in [4.78, 5) is 25.0. The van der Waals surface area contributed by atoms with Gasteiger partial charge in [-0.15, -0.1) is 0 Å². The quantitative estimate of drug-likeness (QED) is 0.170. The van der Waals surface area contributed by atoms with E-state index in [1.54, 1.807) is 66.7 Å². The highest BCUT2D eigenvalue weighted by atomic mass is 16.5. The number of carbonyl (C=O) groups is 2. The van der Waals surface area contributed by atoms with Crippen LogP contribution in [0.4, 0.5) is 5.69 Å². The van der Waals surface area contributed by atoms with Crippen LogP contribution >= 0.6 is 0 Å².